The zero-order valence-electron chi connectivity index (χ0n) is 15.6. The summed E-state index contributed by atoms with van der Waals surface area (Å²) in [5, 5.41) is 7.39. The van der Waals surface area contributed by atoms with Gasteiger partial charge in [-0.05, 0) is 22.9 Å². The quantitative estimate of drug-likeness (QED) is 0.529. The van der Waals surface area contributed by atoms with E-state index in [2.05, 4.69) is 47.0 Å². The molecule has 4 aromatic carbocycles. The molecular formula is C25H23N2O+. The van der Waals surface area contributed by atoms with Gasteiger partial charge in [0.1, 0.15) is 6.04 Å². The van der Waals surface area contributed by atoms with E-state index < -0.39 is 0 Å². The molecule has 3 nitrogen and oxygen atoms in total. The van der Waals surface area contributed by atoms with Crippen molar-refractivity contribution in [1.29, 1.82) is 0 Å². The van der Waals surface area contributed by atoms with Crippen LogP contribution in [0.25, 0.3) is 10.8 Å². The summed E-state index contributed by atoms with van der Waals surface area (Å²) in [7, 11) is 0. The van der Waals surface area contributed by atoms with E-state index in [-0.39, 0.29) is 11.9 Å². The molecule has 0 unspecified atom stereocenters. The Morgan fingerprint density at radius 3 is 1.93 bits per heavy atom. The molecule has 0 fully saturated rings. The molecule has 0 atom stereocenters. The minimum Gasteiger partial charge on any atom is -0.328 e. The molecule has 0 aliphatic rings. The number of nitrogens with one attached hydrogen (secondary N) is 1. The van der Waals surface area contributed by atoms with Crippen LogP contribution < -0.4 is 10.6 Å². The van der Waals surface area contributed by atoms with Crippen molar-refractivity contribution in [3.63, 3.8) is 0 Å². The molecule has 0 bridgehead atoms. The second-order valence-corrected chi connectivity index (χ2v) is 6.85. The van der Waals surface area contributed by atoms with Gasteiger partial charge in [-0.1, -0.05) is 91.0 Å². The van der Waals surface area contributed by atoms with E-state index >= 15 is 0 Å². The Kier molecular flexibility index (Phi) is 5.46. The van der Waals surface area contributed by atoms with Gasteiger partial charge in [0, 0.05) is 16.8 Å². The lowest BCUT2D eigenvalue weighted by atomic mass is 9.99. The number of benzene rings is 4. The van der Waals surface area contributed by atoms with Crippen molar-refractivity contribution in [2.45, 2.75) is 6.04 Å². The highest BCUT2D eigenvalue weighted by Crippen LogP contribution is 2.19. The van der Waals surface area contributed by atoms with Crippen LogP contribution in [-0.2, 0) is 4.79 Å². The van der Waals surface area contributed by atoms with E-state index in [0.29, 0.717) is 6.54 Å². The van der Waals surface area contributed by atoms with Gasteiger partial charge in [0.15, 0.2) is 6.54 Å². The van der Waals surface area contributed by atoms with Crippen molar-refractivity contribution in [2.24, 2.45) is 0 Å². The highest BCUT2D eigenvalue weighted by Gasteiger charge is 2.18. The van der Waals surface area contributed by atoms with E-state index in [1.165, 1.54) is 16.5 Å². The van der Waals surface area contributed by atoms with Crippen molar-refractivity contribution in [3.05, 3.63) is 114 Å². The average molecular weight is 367 g/mol. The van der Waals surface area contributed by atoms with Crippen LogP contribution in [0.2, 0.25) is 0 Å². The van der Waals surface area contributed by atoms with Crippen LogP contribution in [0.5, 0.6) is 0 Å². The molecule has 0 saturated carbocycles. The third-order valence-corrected chi connectivity index (χ3v) is 4.89. The normalized spacial score (nSPS) is 10.9. The number of nitrogens with two attached hydrogens (primary N) is 1. The molecule has 1 amide bonds. The van der Waals surface area contributed by atoms with Crippen LogP contribution in [0.3, 0.4) is 0 Å². The molecular weight excluding hydrogens is 344 g/mol. The van der Waals surface area contributed by atoms with Crippen molar-refractivity contribution in [3.8, 4) is 0 Å². The monoisotopic (exact) mass is 367 g/mol. The number of anilines is 1. The third kappa shape index (κ3) is 4.27. The van der Waals surface area contributed by atoms with Gasteiger partial charge in [0.05, 0.1) is 0 Å². The zero-order chi connectivity index (χ0) is 19.2. The summed E-state index contributed by atoms with van der Waals surface area (Å²) < 4.78 is 0. The standard InChI is InChI=1S/C25H22N2O/c28-24(27-23-16-15-19-9-7-8-14-22(19)17-23)18-26-25(20-10-3-1-4-11-20)21-12-5-2-6-13-21/h1-17,25-26H,18H2,(H,27,28)/p+1. The van der Waals surface area contributed by atoms with Gasteiger partial charge < -0.3 is 10.6 Å². The Hall–Kier alpha value is -3.43. The number of carbonyl (C=O) groups is 1. The van der Waals surface area contributed by atoms with Crippen LogP contribution in [0.15, 0.2) is 103 Å². The van der Waals surface area contributed by atoms with Crippen molar-refractivity contribution >= 4 is 22.4 Å². The summed E-state index contributed by atoms with van der Waals surface area (Å²) in [6, 6.07) is 34.8. The maximum atomic E-state index is 12.6. The lowest BCUT2D eigenvalue weighted by Crippen LogP contribution is -2.87. The molecule has 3 N–H and O–H groups in total. The van der Waals surface area contributed by atoms with Crippen molar-refractivity contribution in [2.75, 3.05) is 11.9 Å². The van der Waals surface area contributed by atoms with Crippen LogP contribution >= 0.6 is 0 Å². The van der Waals surface area contributed by atoms with Crippen molar-refractivity contribution < 1.29 is 10.1 Å². The first-order valence-electron chi connectivity index (χ1n) is 9.51. The first kappa shape index (κ1) is 18.0. The Labute approximate surface area is 165 Å². The average Bonchev–Trinajstić information content (AvgIpc) is 2.75. The highest BCUT2D eigenvalue weighted by atomic mass is 16.1. The van der Waals surface area contributed by atoms with Gasteiger partial charge in [-0.25, -0.2) is 0 Å². The number of rotatable bonds is 6. The Morgan fingerprint density at radius 2 is 1.29 bits per heavy atom. The predicted octanol–water partition coefficient (Wildman–Crippen LogP) is 4.13. The molecule has 0 spiro atoms. The van der Waals surface area contributed by atoms with Gasteiger partial charge in [-0.15, -0.1) is 0 Å². The van der Waals surface area contributed by atoms with Crippen molar-refractivity contribution in [1.82, 2.24) is 0 Å². The maximum Gasteiger partial charge on any atom is 0.279 e. The Balaban J connectivity index is 1.46. The topological polar surface area (TPSA) is 45.7 Å². The molecule has 0 saturated heterocycles. The van der Waals surface area contributed by atoms with E-state index in [1.54, 1.807) is 0 Å². The van der Waals surface area contributed by atoms with Crippen LogP contribution in [0.4, 0.5) is 5.69 Å². The molecule has 138 valence electrons. The van der Waals surface area contributed by atoms with E-state index in [9.17, 15) is 4.79 Å². The first-order chi connectivity index (χ1) is 13.8. The van der Waals surface area contributed by atoms with Gasteiger partial charge in [-0.3, -0.25) is 4.79 Å². The maximum absolute atomic E-state index is 12.6. The molecule has 28 heavy (non-hydrogen) atoms. The fraction of sp³-hybridized carbons (Fsp3) is 0.0800. The second-order valence-electron chi connectivity index (χ2n) is 6.85. The minimum atomic E-state index is -0.00727. The summed E-state index contributed by atoms with van der Waals surface area (Å²) in [4.78, 5) is 12.6. The number of hydrogen-bond acceptors (Lipinski definition) is 1. The Bertz CT molecular complexity index is 1020. The highest BCUT2D eigenvalue weighted by molar-refractivity contribution is 5.94. The predicted molar refractivity (Wildman–Crippen MR) is 114 cm³/mol. The first-order valence-corrected chi connectivity index (χ1v) is 9.51. The number of fused-ring (bicyclic) bond motifs is 1. The molecule has 0 aliphatic heterocycles. The van der Waals surface area contributed by atoms with Crippen LogP contribution in [-0.4, -0.2) is 12.5 Å². The SMILES string of the molecule is O=C(C[NH2+]C(c1ccccc1)c1ccccc1)Nc1ccc2ccccc2c1. The lowest BCUT2D eigenvalue weighted by Gasteiger charge is -2.16. The van der Waals surface area contributed by atoms with E-state index in [1.807, 2.05) is 66.7 Å². The summed E-state index contributed by atoms with van der Waals surface area (Å²) in [6.45, 7) is 0.348. The van der Waals surface area contributed by atoms with Gasteiger partial charge >= 0.3 is 0 Å². The molecule has 4 rings (SSSR count). The molecule has 0 heterocycles. The second kappa shape index (κ2) is 8.51. The van der Waals surface area contributed by atoms with Gasteiger partial charge in [-0.2, -0.15) is 0 Å². The molecule has 0 radical (unpaired) electrons. The lowest BCUT2D eigenvalue weighted by molar-refractivity contribution is -0.676. The summed E-state index contributed by atoms with van der Waals surface area (Å²) in [6.07, 6.45) is 0. The summed E-state index contributed by atoms with van der Waals surface area (Å²) in [5.74, 6) is -0.00727. The largest absolute Gasteiger partial charge is 0.328 e. The molecule has 4 aromatic rings. The number of carbonyl (C=O) groups excluding carboxylic acids is 1. The van der Waals surface area contributed by atoms with Crippen LogP contribution in [0.1, 0.15) is 17.2 Å². The van der Waals surface area contributed by atoms with Gasteiger partial charge in [0.2, 0.25) is 0 Å². The Morgan fingerprint density at radius 1 is 0.714 bits per heavy atom. The zero-order valence-corrected chi connectivity index (χ0v) is 15.6. The number of quaternary nitrogens is 1. The number of hydrogen-bond donors (Lipinski definition) is 2. The fourth-order valence-corrected chi connectivity index (χ4v) is 3.49. The smallest absolute Gasteiger partial charge is 0.279 e. The fourth-order valence-electron chi connectivity index (χ4n) is 3.49. The number of amides is 1. The molecule has 0 aromatic heterocycles. The third-order valence-electron chi connectivity index (χ3n) is 4.89. The molecule has 3 heteroatoms. The van der Waals surface area contributed by atoms with E-state index in [4.69, 9.17) is 0 Å². The molecule has 0 aliphatic carbocycles. The summed E-state index contributed by atoms with van der Waals surface area (Å²) in [5.41, 5.74) is 3.20. The minimum absolute atomic E-state index is 0.00727. The van der Waals surface area contributed by atoms with Crippen LogP contribution in [0, 0.1) is 0 Å². The summed E-state index contributed by atoms with van der Waals surface area (Å²) >= 11 is 0. The van der Waals surface area contributed by atoms with Gasteiger partial charge in [0.25, 0.3) is 5.91 Å². The van der Waals surface area contributed by atoms with E-state index in [0.717, 1.165) is 11.1 Å².